The Labute approximate surface area is 130 Å². The average molecular weight is 312 g/mol. The van der Waals surface area contributed by atoms with Crippen LogP contribution in [0.25, 0.3) is 0 Å². The fourth-order valence-corrected chi connectivity index (χ4v) is 5.84. The van der Waals surface area contributed by atoms with Crippen molar-refractivity contribution in [2.75, 3.05) is 18.1 Å². The minimum Gasteiger partial charge on any atom is -0.330 e. The van der Waals surface area contributed by atoms with Gasteiger partial charge in [-0.05, 0) is 38.3 Å². The van der Waals surface area contributed by atoms with E-state index in [-0.39, 0.29) is 0 Å². The summed E-state index contributed by atoms with van der Waals surface area (Å²) in [5, 5.41) is 1.09. The van der Waals surface area contributed by atoms with Gasteiger partial charge in [-0.25, -0.2) is 9.97 Å². The van der Waals surface area contributed by atoms with E-state index in [2.05, 4.69) is 39.5 Å². The van der Waals surface area contributed by atoms with Crippen LogP contribution < -0.4 is 5.73 Å². The van der Waals surface area contributed by atoms with Crippen LogP contribution in [0.15, 0.2) is 0 Å². The zero-order valence-corrected chi connectivity index (χ0v) is 14.5. The van der Waals surface area contributed by atoms with Gasteiger partial charge < -0.3 is 5.73 Å². The van der Waals surface area contributed by atoms with E-state index in [0.717, 1.165) is 17.2 Å². The first-order chi connectivity index (χ1) is 9.58. The lowest BCUT2D eigenvalue weighted by Gasteiger charge is -2.29. The second-order valence-corrected chi connectivity index (χ2v) is 8.01. The molecular weight excluding hydrogens is 286 g/mol. The van der Waals surface area contributed by atoms with E-state index in [9.17, 15) is 0 Å². The number of aromatic nitrogens is 2. The summed E-state index contributed by atoms with van der Waals surface area (Å²) in [4.78, 5) is 9.65. The molecule has 0 radical (unpaired) electrons. The predicted molar refractivity (Wildman–Crippen MR) is 90.7 cm³/mol. The molecule has 0 aromatic carbocycles. The van der Waals surface area contributed by atoms with Crippen LogP contribution in [0.1, 0.15) is 54.2 Å². The maximum atomic E-state index is 5.80. The van der Waals surface area contributed by atoms with Gasteiger partial charge in [-0.1, -0.05) is 13.8 Å². The smallest absolute Gasteiger partial charge is 0.142 e. The van der Waals surface area contributed by atoms with Crippen LogP contribution in [0.3, 0.4) is 0 Å². The summed E-state index contributed by atoms with van der Waals surface area (Å²) < 4.78 is 0. The van der Waals surface area contributed by atoms with Crippen LogP contribution in [0.4, 0.5) is 0 Å². The lowest BCUT2D eigenvalue weighted by molar-refractivity contribution is 0.705. The van der Waals surface area contributed by atoms with E-state index < -0.39 is 0 Å². The van der Waals surface area contributed by atoms with Gasteiger partial charge in [-0.15, -0.1) is 11.8 Å². The van der Waals surface area contributed by atoms with Crippen LogP contribution in [0.5, 0.6) is 0 Å². The fourth-order valence-electron chi connectivity index (χ4n) is 2.85. The quantitative estimate of drug-likeness (QED) is 0.923. The first-order valence-corrected chi connectivity index (χ1v) is 9.46. The third-order valence-electron chi connectivity index (χ3n) is 3.90. The van der Waals surface area contributed by atoms with Gasteiger partial charge in [0.15, 0.2) is 0 Å². The predicted octanol–water partition coefficient (Wildman–Crippen LogP) is 3.46. The lowest BCUT2D eigenvalue weighted by atomic mass is 9.98. The Morgan fingerprint density at radius 3 is 2.35 bits per heavy atom. The first kappa shape index (κ1) is 16.1. The Morgan fingerprint density at radius 2 is 1.80 bits per heavy atom. The van der Waals surface area contributed by atoms with E-state index in [1.165, 1.54) is 23.5 Å². The molecule has 0 aliphatic carbocycles. The molecule has 1 fully saturated rings. The molecule has 2 heterocycles. The van der Waals surface area contributed by atoms with Gasteiger partial charge >= 0.3 is 0 Å². The lowest BCUT2D eigenvalue weighted by Crippen LogP contribution is -2.22. The molecule has 2 rings (SSSR count). The molecule has 5 heteroatoms. The summed E-state index contributed by atoms with van der Waals surface area (Å²) >= 11 is 4.09. The number of aryl methyl sites for hydroxylation is 2. The van der Waals surface area contributed by atoms with Crippen LogP contribution in [0, 0.1) is 13.8 Å². The summed E-state index contributed by atoms with van der Waals surface area (Å²) in [5.74, 6) is 3.81. The second kappa shape index (κ2) is 7.14. The molecule has 3 nitrogen and oxygen atoms in total. The summed E-state index contributed by atoms with van der Waals surface area (Å²) in [7, 11) is 0. The van der Waals surface area contributed by atoms with E-state index >= 15 is 0 Å². The van der Waals surface area contributed by atoms with Gasteiger partial charge in [-0.2, -0.15) is 11.8 Å². The Hall–Kier alpha value is -0.260. The number of nitrogens with two attached hydrogens (primary N) is 1. The highest BCUT2D eigenvalue weighted by atomic mass is 32.2. The SMILES string of the molecule is CCC1SCCSC1c1nc(C)c(C(C)CN)c(C)n1. The standard InChI is InChI=1S/C15H25N3S2/c1-5-12-14(20-7-6-19-12)15-17-10(3)13(9(2)8-16)11(4)18-15/h9,12,14H,5-8,16H2,1-4H3. The van der Waals surface area contributed by atoms with Crippen LogP contribution in [-0.4, -0.2) is 33.3 Å². The molecule has 1 aliphatic rings. The van der Waals surface area contributed by atoms with E-state index in [1.54, 1.807) is 0 Å². The average Bonchev–Trinajstić information content (AvgIpc) is 2.46. The number of thioether (sulfide) groups is 2. The highest BCUT2D eigenvalue weighted by Gasteiger charge is 2.29. The maximum absolute atomic E-state index is 5.80. The van der Waals surface area contributed by atoms with E-state index in [0.29, 0.717) is 23.0 Å². The van der Waals surface area contributed by atoms with Crippen molar-refractivity contribution >= 4 is 23.5 Å². The van der Waals surface area contributed by atoms with Crippen LogP contribution >= 0.6 is 23.5 Å². The Kier molecular flexibility index (Phi) is 5.75. The third kappa shape index (κ3) is 3.31. The molecule has 0 amide bonds. The normalized spacial score (nSPS) is 24.6. The van der Waals surface area contributed by atoms with Crippen molar-refractivity contribution in [3.8, 4) is 0 Å². The summed E-state index contributed by atoms with van der Waals surface area (Å²) in [6.45, 7) is 9.26. The summed E-state index contributed by atoms with van der Waals surface area (Å²) in [6, 6.07) is 0. The van der Waals surface area contributed by atoms with Crippen molar-refractivity contribution in [3.05, 3.63) is 22.8 Å². The van der Waals surface area contributed by atoms with Crippen molar-refractivity contribution in [1.82, 2.24) is 9.97 Å². The van der Waals surface area contributed by atoms with Gasteiger partial charge in [0.25, 0.3) is 0 Å². The third-order valence-corrected chi connectivity index (χ3v) is 7.14. The summed E-state index contributed by atoms with van der Waals surface area (Å²) in [6.07, 6.45) is 1.19. The van der Waals surface area contributed by atoms with Gasteiger partial charge in [-0.3, -0.25) is 0 Å². The van der Waals surface area contributed by atoms with Crippen LogP contribution in [0.2, 0.25) is 0 Å². The number of hydrogen-bond acceptors (Lipinski definition) is 5. The number of nitrogens with zero attached hydrogens (tertiary/aromatic N) is 2. The van der Waals surface area contributed by atoms with E-state index in [1.807, 2.05) is 11.8 Å². The van der Waals surface area contributed by atoms with Crippen LogP contribution in [-0.2, 0) is 0 Å². The first-order valence-electron chi connectivity index (χ1n) is 7.36. The molecule has 20 heavy (non-hydrogen) atoms. The Bertz CT molecular complexity index is 441. The van der Waals surface area contributed by atoms with Gasteiger partial charge in [0, 0.05) is 28.1 Å². The van der Waals surface area contributed by atoms with Gasteiger partial charge in [0.1, 0.15) is 5.82 Å². The molecule has 3 unspecified atom stereocenters. The minimum absolute atomic E-state index is 0.333. The molecule has 3 atom stereocenters. The molecule has 0 spiro atoms. The fraction of sp³-hybridized carbons (Fsp3) is 0.733. The molecule has 1 aromatic rings. The van der Waals surface area contributed by atoms with Crippen molar-refractivity contribution < 1.29 is 0 Å². The molecule has 1 aromatic heterocycles. The maximum Gasteiger partial charge on any atom is 0.142 e. The second-order valence-electron chi connectivity index (χ2n) is 5.41. The molecule has 1 aliphatic heterocycles. The Balaban J connectivity index is 2.34. The van der Waals surface area contributed by atoms with Gasteiger partial charge in [0.05, 0.1) is 5.25 Å². The largest absolute Gasteiger partial charge is 0.330 e. The topological polar surface area (TPSA) is 51.8 Å². The summed E-state index contributed by atoms with van der Waals surface area (Å²) in [5.41, 5.74) is 9.25. The van der Waals surface area contributed by atoms with Crippen molar-refractivity contribution in [2.45, 2.75) is 50.5 Å². The van der Waals surface area contributed by atoms with E-state index in [4.69, 9.17) is 15.7 Å². The van der Waals surface area contributed by atoms with Crippen molar-refractivity contribution in [2.24, 2.45) is 5.73 Å². The highest BCUT2D eigenvalue weighted by molar-refractivity contribution is 8.06. The number of hydrogen-bond donors (Lipinski definition) is 1. The van der Waals surface area contributed by atoms with Gasteiger partial charge in [0.2, 0.25) is 0 Å². The Morgan fingerprint density at radius 1 is 1.20 bits per heavy atom. The molecule has 0 bridgehead atoms. The van der Waals surface area contributed by atoms with Crippen molar-refractivity contribution in [1.29, 1.82) is 0 Å². The molecular formula is C15H25N3S2. The zero-order chi connectivity index (χ0) is 14.7. The minimum atomic E-state index is 0.333. The number of rotatable bonds is 4. The monoisotopic (exact) mass is 311 g/mol. The highest BCUT2D eigenvalue weighted by Crippen LogP contribution is 2.43. The molecule has 112 valence electrons. The molecule has 2 N–H and O–H groups in total. The van der Waals surface area contributed by atoms with Crippen molar-refractivity contribution in [3.63, 3.8) is 0 Å². The molecule has 1 saturated heterocycles. The zero-order valence-electron chi connectivity index (χ0n) is 12.8. The molecule has 0 saturated carbocycles.